The molecule has 128 valence electrons. The molecule has 7 heteroatoms. The van der Waals surface area contributed by atoms with Crippen molar-refractivity contribution in [3.8, 4) is 5.75 Å². The molecule has 0 N–H and O–H groups in total. The minimum atomic E-state index is -2.93. The van der Waals surface area contributed by atoms with Crippen LogP contribution in [0.5, 0.6) is 5.75 Å². The van der Waals surface area contributed by atoms with E-state index in [4.69, 9.17) is 4.74 Å². The molecule has 1 fully saturated rings. The molecule has 6 nitrogen and oxygen atoms in total. The van der Waals surface area contributed by atoms with Gasteiger partial charge in [-0.3, -0.25) is 9.69 Å². The Morgan fingerprint density at radius 2 is 1.96 bits per heavy atom. The van der Waals surface area contributed by atoms with Gasteiger partial charge in [-0.15, -0.1) is 0 Å². The van der Waals surface area contributed by atoms with Gasteiger partial charge in [0.2, 0.25) is 5.91 Å². The minimum Gasteiger partial charge on any atom is -0.492 e. The summed E-state index contributed by atoms with van der Waals surface area (Å²) in [7, 11) is 0.607. The number of benzene rings is 1. The van der Waals surface area contributed by atoms with E-state index in [9.17, 15) is 13.2 Å². The summed E-state index contributed by atoms with van der Waals surface area (Å²) in [5.74, 6) is 1.12. The van der Waals surface area contributed by atoms with Gasteiger partial charge in [0.15, 0.2) is 9.84 Å². The topological polar surface area (TPSA) is 66.9 Å². The minimum absolute atomic E-state index is 0.0338. The largest absolute Gasteiger partial charge is 0.492 e. The van der Waals surface area contributed by atoms with Crippen LogP contribution in [-0.2, 0) is 14.6 Å². The molecule has 1 saturated heterocycles. The number of hydrogen-bond donors (Lipinski definition) is 0. The Balaban J connectivity index is 1.72. The molecule has 1 amide bonds. The van der Waals surface area contributed by atoms with Gasteiger partial charge in [-0.2, -0.15) is 0 Å². The Morgan fingerprint density at radius 1 is 1.26 bits per heavy atom. The van der Waals surface area contributed by atoms with Crippen molar-refractivity contribution in [3.05, 3.63) is 30.3 Å². The summed E-state index contributed by atoms with van der Waals surface area (Å²) in [4.78, 5) is 15.6. The third-order valence-electron chi connectivity index (χ3n) is 4.08. The molecule has 2 rings (SSSR count). The number of para-hydroxylation sites is 1. The zero-order valence-corrected chi connectivity index (χ0v) is 14.5. The normalized spacial score (nSPS) is 19.7. The van der Waals surface area contributed by atoms with Gasteiger partial charge in [0, 0.05) is 13.1 Å². The van der Waals surface area contributed by atoms with Crippen LogP contribution in [-0.4, -0.2) is 75.5 Å². The van der Waals surface area contributed by atoms with Crippen molar-refractivity contribution in [2.24, 2.45) is 0 Å². The molecular weight excluding hydrogens is 316 g/mol. The van der Waals surface area contributed by atoms with Crippen LogP contribution in [0.25, 0.3) is 0 Å². The number of likely N-dealkylation sites (N-methyl/N-ethyl adjacent to an activating group) is 2. The number of carbonyl (C=O) groups is 1. The van der Waals surface area contributed by atoms with Crippen molar-refractivity contribution in [1.82, 2.24) is 9.80 Å². The highest BCUT2D eigenvalue weighted by Gasteiger charge is 2.31. The first-order valence-corrected chi connectivity index (χ1v) is 9.52. The summed E-state index contributed by atoms with van der Waals surface area (Å²) in [6, 6.07) is 9.40. The molecule has 0 saturated carbocycles. The van der Waals surface area contributed by atoms with Crippen LogP contribution in [0.4, 0.5) is 0 Å². The van der Waals surface area contributed by atoms with Crippen molar-refractivity contribution in [3.63, 3.8) is 0 Å². The van der Waals surface area contributed by atoms with Gasteiger partial charge in [-0.1, -0.05) is 18.2 Å². The van der Waals surface area contributed by atoms with Gasteiger partial charge < -0.3 is 9.64 Å². The first-order chi connectivity index (χ1) is 10.9. The molecule has 0 aliphatic carbocycles. The Bertz CT molecular complexity index is 618. The lowest BCUT2D eigenvalue weighted by molar-refractivity contribution is -0.131. The summed E-state index contributed by atoms with van der Waals surface area (Å²) < 4.78 is 28.6. The van der Waals surface area contributed by atoms with Crippen molar-refractivity contribution in [2.75, 3.05) is 45.3 Å². The molecule has 1 unspecified atom stereocenters. The van der Waals surface area contributed by atoms with E-state index in [0.29, 0.717) is 19.6 Å². The fourth-order valence-corrected chi connectivity index (χ4v) is 4.33. The Hall–Kier alpha value is -1.60. The fraction of sp³-hybridized carbons (Fsp3) is 0.562. The average Bonchev–Trinajstić information content (AvgIpc) is 2.88. The van der Waals surface area contributed by atoms with Crippen molar-refractivity contribution in [2.45, 2.75) is 12.5 Å². The molecule has 1 aromatic rings. The number of hydrogen-bond acceptors (Lipinski definition) is 5. The van der Waals surface area contributed by atoms with Gasteiger partial charge in [-0.25, -0.2) is 8.42 Å². The zero-order chi connectivity index (χ0) is 16.9. The smallest absolute Gasteiger partial charge is 0.236 e. The van der Waals surface area contributed by atoms with Gasteiger partial charge in [0.1, 0.15) is 12.4 Å². The number of carbonyl (C=O) groups excluding carboxylic acids is 1. The summed E-state index contributed by atoms with van der Waals surface area (Å²) in [5, 5.41) is 0. The molecule has 23 heavy (non-hydrogen) atoms. The monoisotopic (exact) mass is 340 g/mol. The van der Waals surface area contributed by atoms with E-state index in [2.05, 4.69) is 0 Å². The summed E-state index contributed by atoms with van der Waals surface area (Å²) in [6.07, 6.45) is 0.604. The maximum atomic E-state index is 12.2. The van der Waals surface area contributed by atoms with Crippen molar-refractivity contribution >= 4 is 15.7 Å². The molecule has 1 aromatic carbocycles. The maximum Gasteiger partial charge on any atom is 0.236 e. The Labute approximate surface area is 137 Å². The predicted octanol–water partition coefficient (Wildman–Crippen LogP) is 0.643. The Morgan fingerprint density at radius 3 is 2.57 bits per heavy atom. The number of nitrogens with zero attached hydrogens (tertiary/aromatic N) is 2. The quantitative estimate of drug-likeness (QED) is 0.729. The number of sulfone groups is 1. The SMILES string of the molecule is CN(CCOc1ccccc1)C(=O)CN(C)C1CCS(=O)(=O)C1. The summed E-state index contributed by atoms with van der Waals surface area (Å²) in [6.45, 7) is 1.14. The van der Waals surface area contributed by atoms with Crippen LogP contribution in [0.1, 0.15) is 6.42 Å². The molecule has 1 aliphatic rings. The third kappa shape index (κ3) is 5.51. The second kappa shape index (κ2) is 7.79. The first-order valence-electron chi connectivity index (χ1n) is 7.70. The van der Waals surface area contributed by atoms with E-state index in [1.54, 1.807) is 19.0 Å². The number of ether oxygens (including phenoxy) is 1. The number of amides is 1. The predicted molar refractivity (Wildman–Crippen MR) is 89.3 cm³/mol. The lowest BCUT2D eigenvalue weighted by Gasteiger charge is -2.25. The maximum absolute atomic E-state index is 12.2. The van der Waals surface area contributed by atoms with Gasteiger partial charge in [-0.05, 0) is 25.6 Å². The lowest BCUT2D eigenvalue weighted by Crippen LogP contribution is -2.42. The van der Waals surface area contributed by atoms with Crippen LogP contribution in [0.3, 0.4) is 0 Å². The van der Waals surface area contributed by atoms with Crippen LogP contribution in [0.15, 0.2) is 30.3 Å². The van der Waals surface area contributed by atoms with E-state index in [-0.39, 0.29) is 30.0 Å². The molecule has 0 bridgehead atoms. The molecule has 1 atom stereocenters. The number of rotatable bonds is 7. The second-order valence-corrected chi connectivity index (χ2v) is 8.18. The van der Waals surface area contributed by atoms with E-state index in [0.717, 1.165) is 5.75 Å². The molecule has 0 radical (unpaired) electrons. The van der Waals surface area contributed by atoms with Gasteiger partial charge in [0.05, 0.1) is 24.6 Å². The van der Waals surface area contributed by atoms with Crippen LogP contribution in [0.2, 0.25) is 0 Å². The zero-order valence-electron chi connectivity index (χ0n) is 13.6. The van der Waals surface area contributed by atoms with Crippen molar-refractivity contribution in [1.29, 1.82) is 0 Å². The van der Waals surface area contributed by atoms with E-state index in [1.807, 2.05) is 35.2 Å². The van der Waals surface area contributed by atoms with Crippen LogP contribution < -0.4 is 4.74 Å². The summed E-state index contributed by atoms with van der Waals surface area (Å²) in [5.41, 5.74) is 0. The highest BCUT2D eigenvalue weighted by molar-refractivity contribution is 7.91. The fourth-order valence-electron chi connectivity index (χ4n) is 2.53. The van der Waals surface area contributed by atoms with Gasteiger partial charge >= 0.3 is 0 Å². The van der Waals surface area contributed by atoms with Crippen LogP contribution >= 0.6 is 0 Å². The lowest BCUT2D eigenvalue weighted by atomic mass is 10.2. The van der Waals surface area contributed by atoms with Crippen LogP contribution in [0, 0.1) is 0 Å². The summed E-state index contributed by atoms with van der Waals surface area (Å²) >= 11 is 0. The van der Waals surface area contributed by atoms with E-state index < -0.39 is 9.84 Å². The molecular formula is C16H24N2O4S. The third-order valence-corrected chi connectivity index (χ3v) is 5.83. The Kier molecular flexibility index (Phi) is 6.01. The first kappa shape index (κ1) is 17.7. The molecule has 0 aromatic heterocycles. The van der Waals surface area contributed by atoms with E-state index >= 15 is 0 Å². The highest BCUT2D eigenvalue weighted by Crippen LogP contribution is 2.16. The molecule has 1 heterocycles. The standard InChI is InChI=1S/C16H24N2O4S/c1-17(9-10-22-15-6-4-3-5-7-15)16(19)12-18(2)14-8-11-23(20,21)13-14/h3-7,14H,8-13H2,1-2H3. The van der Waals surface area contributed by atoms with Crippen molar-refractivity contribution < 1.29 is 17.9 Å². The van der Waals surface area contributed by atoms with E-state index in [1.165, 1.54) is 0 Å². The highest BCUT2D eigenvalue weighted by atomic mass is 32.2. The second-order valence-electron chi connectivity index (χ2n) is 5.95. The molecule has 1 aliphatic heterocycles. The average molecular weight is 340 g/mol. The molecule has 0 spiro atoms. The van der Waals surface area contributed by atoms with Gasteiger partial charge in [0.25, 0.3) is 0 Å².